The third-order valence-electron chi connectivity index (χ3n) is 2.66. The summed E-state index contributed by atoms with van der Waals surface area (Å²) in [5.41, 5.74) is 6.52. The van der Waals surface area contributed by atoms with E-state index in [0.717, 1.165) is 17.7 Å². The van der Waals surface area contributed by atoms with Crippen molar-refractivity contribution in [3.63, 3.8) is 0 Å². The molecule has 0 aliphatic rings. The standard InChI is InChI=1S/C13H15N3O2/c1-18-11-4-2-10(3-5-11)8-9-16-13(17)7-6-12(14)15-16/h2-7H,8-9H2,1H3,(H2,14,15). The number of nitrogen functional groups attached to an aromatic ring is 1. The molecule has 0 spiro atoms. The van der Waals surface area contributed by atoms with Gasteiger partial charge in [0.05, 0.1) is 7.11 Å². The van der Waals surface area contributed by atoms with E-state index < -0.39 is 0 Å². The molecule has 0 fully saturated rings. The molecule has 1 heterocycles. The molecule has 18 heavy (non-hydrogen) atoms. The number of ether oxygens (including phenoxy) is 1. The second kappa shape index (κ2) is 5.35. The van der Waals surface area contributed by atoms with E-state index in [1.54, 1.807) is 7.11 Å². The summed E-state index contributed by atoms with van der Waals surface area (Å²) in [6.45, 7) is 0.510. The quantitative estimate of drug-likeness (QED) is 0.875. The maximum absolute atomic E-state index is 11.5. The van der Waals surface area contributed by atoms with E-state index in [9.17, 15) is 4.79 Å². The Balaban J connectivity index is 2.06. The van der Waals surface area contributed by atoms with Crippen LogP contribution in [-0.2, 0) is 13.0 Å². The molecule has 1 aromatic heterocycles. The Labute approximate surface area is 105 Å². The van der Waals surface area contributed by atoms with E-state index in [0.29, 0.717) is 12.4 Å². The van der Waals surface area contributed by atoms with Gasteiger partial charge in [-0.2, -0.15) is 5.10 Å². The van der Waals surface area contributed by atoms with Gasteiger partial charge in [-0.1, -0.05) is 12.1 Å². The van der Waals surface area contributed by atoms with Gasteiger partial charge in [-0.15, -0.1) is 0 Å². The van der Waals surface area contributed by atoms with Crippen molar-refractivity contribution in [3.8, 4) is 5.75 Å². The summed E-state index contributed by atoms with van der Waals surface area (Å²) >= 11 is 0. The average Bonchev–Trinajstić information content (AvgIpc) is 2.40. The number of benzene rings is 1. The Kier molecular flexibility index (Phi) is 3.62. The summed E-state index contributed by atoms with van der Waals surface area (Å²) in [6.07, 6.45) is 0.723. The van der Waals surface area contributed by atoms with Crippen LogP contribution >= 0.6 is 0 Å². The van der Waals surface area contributed by atoms with Crippen LogP contribution in [0, 0.1) is 0 Å². The van der Waals surface area contributed by atoms with Crippen molar-refractivity contribution in [2.75, 3.05) is 12.8 Å². The van der Waals surface area contributed by atoms with Gasteiger partial charge < -0.3 is 10.5 Å². The van der Waals surface area contributed by atoms with Crippen molar-refractivity contribution in [3.05, 3.63) is 52.3 Å². The molecule has 0 saturated carbocycles. The number of nitrogens with two attached hydrogens (primary N) is 1. The lowest BCUT2D eigenvalue weighted by molar-refractivity contribution is 0.414. The first-order chi connectivity index (χ1) is 8.69. The Hall–Kier alpha value is -2.30. The number of methoxy groups -OCH3 is 1. The molecule has 0 radical (unpaired) electrons. The second-order valence-corrected chi connectivity index (χ2v) is 3.92. The van der Waals surface area contributed by atoms with Crippen LogP contribution in [0.15, 0.2) is 41.2 Å². The van der Waals surface area contributed by atoms with E-state index in [1.165, 1.54) is 16.8 Å². The predicted molar refractivity (Wildman–Crippen MR) is 69.6 cm³/mol. The third kappa shape index (κ3) is 2.88. The van der Waals surface area contributed by atoms with E-state index >= 15 is 0 Å². The minimum absolute atomic E-state index is 0.141. The van der Waals surface area contributed by atoms with Crippen molar-refractivity contribution in [1.29, 1.82) is 0 Å². The normalized spacial score (nSPS) is 10.3. The van der Waals surface area contributed by atoms with Crippen molar-refractivity contribution in [1.82, 2.24) is 9.78 Å². The minimum atomic E-state index is -0.141. The fourth-order valence-electron chi connectivity index (χ4n) is 1.65. The van der Waals surface area contributed by atoms with Crippen LogP contribution in [0.1, 0.15) is 5.56 Å². The number of anilines is 1. The molecule has 94 valence electrons. The summed E-state index contributed by atoms with van der Waals surface area (Å²) in [5, 5.41) is 3.98. The van der Waals surface area contributed by atoms with Gasteiger partial charge in [-0.25, -0.2) is 4.68 Å². The largest absolute Gasteiger partial charge is 0.497 e. The molecule has 1 aromatic carbocycles. The third-order valence-corrected chi connectivity index (χ3v) is 2.66. The lowest BCUT2D eigenvalue weighted by Crippen LogP contribution is -2.23. The number of nitrogens with zero attached hydrogens (tertiary/aromatic N) is 2. The average molecular weight is 245 g/mol. The minimum Gasteiger partial charge on any atom is -0.497 e. The van der Waals surface area contributed by atoms with E-state index in [-0.39, 0.29) is 5.56 Å². The Morgan fingerprint density at radius 3 is 2.61 bits per heavy atom. The van der Waals surface area contributed by atoms with Gasteiger partial charge >= 0.3 is 0 Å². The topological polar surface area (TPSA) is 70.1 Å². The van der Waals surface area contributed by atoms with Crippen LogP contribution in [0.2, 0.25) is 0 Å². The van der Waals surface area contributed by atoms with Gasteiger partial charge in [-0.3, -0.25) is 4.79 Å². The first-order valence-electron chi connectivity index (χ1n) is 5.65. The van der Waals surface area contributed by atoms with Crippen molar-refractivity contribution >= 4 is 5.82 Å². The maximum Gasteiger partial charge on any atom is 0.266 e. The molecule has 0 atom stereocenters. The van der Waals surface area contributed by atoms with Crippen LogP contribution in [0.3, 0.4) is 0 Å². The van der Waals surface area contributed by atoms with Gasteiger partial charge in [0, 0.05) is 12.6 Å². The van der Waals surface area contributed by atoms with E-state index in [1.807, 2.05) is 24.3 Å². The molecular weight excluding hydrogens is 230 g/mol. The maximum atomic E-state index is 11.5. The summed E-state index contributed by atoms with van der Waals surface area (Å²) in [4.78, 5) is 11.5. The summed E-state index contributed by atoms with van der Waals surface area (Å²) in [7, 11) is 1.63. The molecule has 2 aromatic rings. The number of aromatic nitrogens is 2. The van der Waals surface area contributed by atoms with Crippen molar-refractivity contribution < 1.29 is 4.74 Å². The fraction of sp³-hybridized carbons (Fsp3) is 0.231. The van der Waals surface area contributed by atoms with Gasteiger partial charge in [0.1, 0.15) is 11.6 Å². The lowest BCUT2D eigenvalue weighted by atomic mass is 10.1. The molecule has 5 nitrogen and oxygen atoms in total. The highest BCUT2D eigenvalue weighted by atomic mass is 16.5. The summed E-state index contributed by atoms with van der Waals surface area (Å²) in [5.74, 6) is 1.17. The monoisotopic (exact) mass is 245 g/mol. The number of hydrogen-bond acceptors (Lipinski definition) is 4. The molecule has 0 bridgehead atoms. The lowest BCUT2D eigenvalue weighted by Gasteiger charge is -2.06. The molecule has 5 heteroatoms. The number of rotatable bonds is 4. The molecule has 2 rings (SSSR count). The number of aryl methyl sites for hydroxylation is 2. The summed E-state index contributed by atoms with van der Waals surface area (Å²) in [6, 6.07) is 10.7. The number of hydrogen-bond donors (Lipinski definition) is 1. The van der Waals surface area contributed by atoms with Gasteiger partial charge in [0.2, 0.25) is 0 Å². The molecule has 0 unspecified atom stereocenters. The Morgan fingerprint density at radius 1 is 1.22 bits per heavy atom. The molecule has 0 aliphatic heterocycles. The highest BCUT2D eigenvalue weighted by Crippen LogP contribution is 2.11. The van der Waals surface area contributed by atoms with Crippen molar-refractivity contribution in [2.45, 2.75) is 13.0 Å². The molecule has 0 saturated heterocycles. The van der Waals surface area contributed by atoms with Crippen LogP contribution < -0.4 is 16.0 Å². The van der Waals surface area contributed by atoms with Crippen molar-refractivity contribution in [2.24, 2.45) is 0 Å². The first-order valence-corrected chi connectivity index (χ1v) is 5.65. The van der Waals surface area contributed by atoms with Crippen LogP contribution in [0.4, 0.5) is 5.82 Å². The predicted octanol–water partition coefficient (Wildman–Crippen LogP) is 1.08. The Morgan fingerprint density at radius 2 is 1.94 bits per heavy atom. The van der Waals surface area contributed by atoms with Gasteiger partial charge in [0.25, 0.3) is 5.56 Å². The zero-order valence-electron chi connectivity index (χ0n) is 10.2. The molecule has 2 N–H and O–H groups in total. The second-order valence-electron chi connectivity index (χ2n) is 3.92. The van der Waals surface area contributed by atoms with Crippen LogP contribution in [0.5, 0.6) is 5.75 Å². The first kappa shape index (κ1) is 12.2. The highest BCUT2D eigenvalue weighted by molar-refractivity contribution is 5.27. The van der Waals surface area contributed by atoms with Crippen LogP contribution in [0.25, 0.3) is 0 Å². The van der Waals surface area contributed by atoms with E-state index in [2.05, 4.69) is 5.10 Å². The molecular formula is C13H15N3O2. The zero-order valence-corrected chi connectivity index (χ0v) is 10.2. The zero-order chi connectivity index (χ0) is 13.0. The van der Waals surface area contributed by atoms with Gasteiger partial charge in [-0.05, 0) is 30.2 Å². The molecule has 0 aliphatic carbocycles. The SMILES string of the molecule is COc1ccc(CCn2nc(N)ccc2=O)cc1. The molecule has 0 amide bonds. The summed E-state index contributed by atoms with van der Waals surface area (Å²) < 4.78 is 6.46. The van der Waals surface area contributed by atoms with Gasteiger partial charge in [0.15, 0.2) is 0 Å². The smallest absolute Gasteiger partial charge is 0.266 e. The van der Waals surface area contributed by atoms with Crippen LogP contribution in [-0.4, -0.2) is 16.9 Å². The fourth-order valence-corrected chi connectivity index (χ4v) is 1.65. The Bertz CT molecular complexity index is 576. The van der Waals surface area contributed by atoms with E-state index in [4.69, 9.17) is 10.5 Å². The highest BCUT2D eigenvalue weighted by Gasteiger charge is 2.00.